The number of methoxy groups -OCH3 is 3. The summed E-state index contributed by atoms with van der Waals surface area (Å²) in [5.41, 5.74) is 2.00. The Hall–Kier alpha value is -4.47. The van der Waals surface area contributed by atoms with Crippen LogP contribution >= 0.6 is 0 Å². The molecule has 2 saturated heterocycles. The second-order valence-electron chi connectivity index (χ2n) is 18.6. The molecule has 0 spiro atoms. The number of Topliss-reactive ketones (excluding diaryl/α,β-unsaturated/α-hetero) is 3. The first-order chi connectivity index (χ1) is 30.7. The van der Waals surface area contributed by atoms with Gasteiger partial charge in [-0.15, -0.1) is 0 Å². The van der Waals surface area contributed by atoms with Gasteiger partial charge in [0, 0.05) is 57.7 Å². The molecule has 0 unspecified atom stereocenters. The van der Waals surface area contributed by atoms with Crippen LogP contribution in [0.4, 0.5) is 0 Å². The summed E-state index contributed by atoms with van der Waals surface area (Å²) in [4.78, 5) is 56.4. The number of allylic oxidation sites excluding steroid dienone is 6. The van der Waals surface area contributed by atoms with E-state index in [1.54, 1.807) is 53.0 Å². The summed E-state index contributed by atoms with van der Waals surface area (Å²) in [6.45, 7) is 12.7. The third-order valence-electron chi connectivity index (χ3n) is 13.4. The first kappa shape index (κ1) is 53.1. The molecular formula is C51H74NO13+. The molecule has 360 valence electrons. The highest BCUT2D eigenvalue weighted by molar-refractivity contribution is 6.36. The number of phenolic OH excluding ortho intramolecular Hbond substituents is 1. The van der Waals surface area contributed by atoms with Gasteiger partial charge in [-0.25, -0.2) is 4.79 Å². The molecule has 4 rings (SSSR count). The molecule has 0 saturated carbocycles. The van der Waals surface area contributed by atoms with Crippen molar-refractivity contribution in [2.75, 3.05) is 27.9 Å². The van der Waals surface area contributed by atoms with E-state index in [1.807, 2.05) is 51.2 Å². The van der Waals surface area contributed by atoms with Crippen LogP contribution in [-0.4, -0.2) is 124 Å². The lowest BCUT2D eigenvalue weighted by atomic mass is 9.85. The molecule has 4 N–H and O–H groups in total. The molecule has 3 aliphatic heterocycles. The Kier molecular flexibility index (Phi) is 19.9. The maximum Gasteiger partial charge on any atom is 0.411 e. The molecule has 3 aliphatic rings. The van der Waals surface area contributed by atoms with Crippen LogP contribution in [0.15, 0.2) is 65.8 Å². The number of piperidine rings is 1. The van der Waals surface area contributed by atoms with Gasteiger partial charge in [0.25, 0.3) is 6.04 Å². The second kappa shape index (κ2) is 24.3. The summed E-state index contributed by atoms with van der Waals surface area (Å²) in [6, 6.07) is 3.76. The highest BCUT2D eigenvalue weighted by atomic mass is 16.6. The van der Waals surface area contributed by atoms with Gasteiger partial charge in [-0.05, 0) is 86.6 Å². The molecule has 1 aromatic carbocycles. The Morgan fingerprint density at radius 3 is 2.31 bits per heavy atom. The van der Waals surface area contributed by atoms with Crippen molar-refractivity contribution < 1.29 is 67.9 Å². The normalized spacial score (nSPS) is 35.4. The highest BCUT2D eigenvalue weighted by Crippen LogP contribution is 2.36. The van der Waals surface area contributed by atoms with Gasteiger partial charge in [0.1, 0.15) is 30.6 Å². The number of phenols is 1. The van der Waals surface area contributed by atoms with Crippen LogP contribution in [-0.2, 0) is 44.5 Å². The van der Waals surface area contributed by atoms with Gasteiger partial charge in [-0.2, -0.15) is 4.58 Å². The van der Waals surface area contributed by atoms with Crippen LogP contribution in [0.25, 0.3) is 0 Å². The van der Waals surface area contributed by atoms with E-state index in [0.717, 1.165) is 11.1 Å². The number of cyclic esters (lactones) is 1. The van der Waals surface area contributed by atoms with Gasteiger partial charge in [-0.1, -0.05) is 77.1 Å². The number of benzene rings is 1. The van der Waals surface area contributed by atoms with Gasteiger partial charge < -0.3 is 44.1 Å². The number of aromatic hydroxyl groups is 1. The summed E-state index contributed by atoms with van der Waals surface area (Å²) in [5, 5.41) is 45.3. The van der Waals surface area contributed by atoms with Crippen molar-refractivity contribution in [2.45, 2.75) is 149 Å². The molecule has 3 heterocycles. The van der Waals surface area contributed by atoms with Gasteiger partial charge >= 0.3 is 17.7 Å². The van der Waals surface area contributed by atoms with E-state index in [4.69, 9.17) is 23.7 Å². The average Bonchev–Trinajstić information content (AvgIpc) is 3.28. The van der Waals surface area contributed by atoms with Gasteiger partial charge in [0.05, 0.1) is 19.3 Å². The molecular weight excluding hydrogens is 835 g/mol. The fraction of sp³-hybridized carbons (Fsp3) is 0.627. The van der Waals surface area contributed by atoms with E-state index < -0.39 is 83.7 Å². The largest absolute Gasteiger partial charge is 0.504 e. The quantitative estimate of drug-likeness (QED) is 0.134. The van der Waals surface area contributed by atoms with Crippen molar-refractivity contribution in [1.29, 1.82) is 0 Å². The van der Waals surface area contributed by atoms with Gasteiger partial charge in [-0.3, -0.25) is 14.4 Å². The molecule has 14 heteroatoms. The maximum absolute atomic E-state index is 14.4. The summed E-state index contributed by atoms with van der Waals surface area (Å²) >= 11 is 0. The standard InChI is InChI=1S/C51H73NO13/c1-30-16-12-11-13-17-31(2)42(61-8)28-38-21-19-36(7)51(60,65-38)48(57)49(58)52-23-15-14-18-39(52)50(59)64-43(33(4)26-37-20-22-40(53)44(27-37)62-9)29-41(54)32(3)25-35(6)46(56)47(63-10)45(55)34(5)24-30/h11-13,16-17,20,22,25,27,30,32-34,36,38-39,42-43,46-47,53,56,60H,14-15,18-19,21,23-24,26,28-29H2,1-10H3/p+1/b13-11+,16-12+,31-17+,35-25+/t30-,32-,33-,34-,36-,38+,39+,42+,43+,46-,47+,51-/m1/s1. The zero-order valence-electron chi connectivity index (χ0n) is 40.0. The average molecular weight is 909 g/mol. The summed E-state index contributed by atoms with van der Waals surface area (Å²) in [6.07, 6.45) is 9.92. The fourth-order valence-electron chi connectivity index (χ4n) is 9.15. The number of ketones is 3. The summed E-state index contributed by atoms with van der Waals surface area (Å²) < 4.78 is 30.4. The smallest absolute Gasteiger partial charge is 0.411 e. The van der Waals surface area contributed by atoms with Crippen molar-refractivity contribution in [3.05, 3.63) is 71.4 Å². The number of carbonyl (C=O) groups excluding carboxylic acids is 4. The van der Waals surface area contributed by atoms with Crippen LogP contribution in [0.2, 0.25) is 0 Å². The number of nitrogens with zero attached hydrogens (tertiary/aromatic N) is 1. The minimum Gasteiger partial charge on any atom is -0.504 e. The molecule has 0 aromatic heterocycles. The lowest BCUT2D eigenvalue weighted by Crippen LogP contribution is -2.58. The summed E-state index contributed by atoms with van der Waals surface area (Å²) in [5.74, 6) is -7.69. The Labute approximate surface area is 385 Å². The Balaban J connectivity index is 1.76. The van der Waals surface area contributed by atoms with E-state index >= 15 is 0 Å². The SMILES string of the molecule is COc1cc(C[C@@H](C)[C@@H]2CC(=O)[C@H](C)/C=C(\C)[C@@H](O)[C@@H](OC)C(=O)[C@H](C)C[C@H](C)/C=C/C=C/C=C(\C)[C@@H](OC)C[C@@H]3CC[C@@H](C)[C@@](O)(O3)C(=O)C(O)=[N+]3CCCC[C@H]3C(=O)O2)ccc1O. The molecule has 0 radical (unpaired) electrons. The van der Waals surface area contributed by atoms with E-state index in [9.17, 15) is 39.6 Å². The molecule has 0 aliphatic carbocycles. The molecule has 12 atom stereocenters. The number of carbonyl (C=O) groups is 4. The molecule has 65 heavy (non-hydrogen) atoms. The predicted octanol–water partition coefficient (Wildman–Crippen LogP) is 6.71. The van der Waals surface area contributed by atoms with Crippen molar-refractivity contribution in [3.63, 3.8) is 0 Å². The number of fused-ring (bicyclic) bond motifs is 3. The zero-order valence-corrected chi connectivity index (χ0v) is 40.0. The van der Waals surface area contributed by atoms with E-state index in [1.165, 1.54) is 24.9 Å². The van der Waals surface area contributed by atoms with Crippen molar-refractivity contribution in [3.8, 4) is 11.5 Å². The third kappa shape index (κ3) is 13.8. The predicted molar refractivity (Wildman–Crippen MR) is 246 cm³/mol. The topological polar surface area (TPSA) is 198 Å². The summed E-state index contributed by atoms with van der Waals surface area (Å²) in [7, 11) is 4.38. The number of rotatable bonds is 6. The van der Waals surface area contributed by atoms with Gasteiger partial charge in [0.15, 0.2) is 17.3 Å². The lowest BCUT2D eigenvalue weighted by molar-refractivity contribution is -0.571. The molecule has 2 fully saturated rings. The lowest BCUT2D eigenvalue weighted by Gasteiger charge is -2.40. The minimum atomic E-state index is -2.38. The molecule has 1 aromatic rings. The number of esters is 1. The zero-order chi connectivity index (χ0) is 48.2. The Morgan fingerprint density at radius 2 is 1.63 bits per heavy atom. The fourth-order valence-corrected chi connectivity index (χ4v) is 9.15. The van der Waals surface area contributed by atoms with Crippen molar-refractivity contribution in [1.82, 2.24) is 0 Å². The van der Waals surface area contributed by atoms with E-state index in [-0.39, 0.29) is 48.4 Å². The Bertz CT molecular complexity index is 1980. The second-order valence-corrected chi connectivity index (χ2v) is 18.6. The monoisotopic (exact) mass is 909 g/mol. The first-order valence-electron chi connectivity index (χ1n) is 23.1. The number of hydrogen-bond acceptors (Lipinski definition) is 12. The molecule has 0 amide bonds. The number of hydrogen-bond donors (Lipinski definition) is 4. The minimum absolute atomic E-state index is 0.0145. The van der Waals surface area contributed by atoms with Crippen molar-refractivity contribution >= 4 is 29.2 Å². The number of aliphatic hydroxyl groups is 3. The van der Waals surface area contributed by atoms with Crippen LogP contribution in [0, 0.1) is 29.6 Å². The van der Waals surface area contributed by atoms with E-state index in [2.05, 4.69) is 0 Å². The van der Waals surface area contributed by atoms with Crippen LogP contribution < -0.4 is 4.74 Å². The van der Waals surface area contributed by atoms with Crippen LogP contribution in [0.5, 0.6) is 11.5 Å². The Morgan fingerprint density at radius 1 is 0.908 bits per heavy atom. The van der Waals surface area contributed by atoms with Crippen LogP contribution in [0.1, 0.15) is 105 Å². The molecule has 2 bridgehead atoms. The maximum atomic E-state index is 14.4. The van der Waals surface area contributed by atoms with Crippen LogP contribution in [0.3, 0.4) is 0 Å². The first-order valence-corrected chi connectivity index (χ1v) is 23.1. The molecule has 14 nitrogen and oxygen atoms in total. The third-order valence-corrected chi connectivity index (χ3v) is 13.4. The van der Waals surface area contributed by atoms with Gasteiger partial charge in [0.2, 0.25) is 5.79 Å². The highest BCUT2D eigenvalue weighted by Gasteiger charge is 2.54. The number of aliphatic hydroxyl groups excluding tert-OH is 2. The van der Waals surface area contributed by atoms with E-state index in [0.29, 0.717) is 50.5 Å². The van der Waals surface area contributed by atoms with Crippen molar-refractivity contribution in [2.24, 2.45) is 29.6 Å². The number of ether oxygens (including phenoxy) is 5.